The van der Waals surface area contributed by atoms with Crippen molar-refractivity contribution in [3.8, 4) is 0 Å². The monoisotopic (exact) mass is 360 g/mol. The lowest BCUT2D eigenvalue weighted by atomic mass is 10.1. The van der Waals surface area contributed by atoms with E-state index in [1.165, 1.54) is 16.7 Å². The highest BCUT2D eigenvalue weighted by Gasteiger charge is 2.39. The van der Waals surface area contributed by atoms with E-state index in [0.717, 1.165) is 11.1 Å². The standard InChI is InChI=1S/C18H16ClNO3S/c1-11-5-7-12(8-6-11)17-20(15(10-24-17)18(22)23)16(21)13-3-2-4-14(19)9-13/h2-9,15,17H,10H2,1H3,(H,22,23)/p-1/t15-,17+/m1/s1. The van der Waals surface area contributed by atoms with Crippen LogP contribution in [0, 0.1) is 6.92 Å². The van der Waals surface area contributed by atoms with Crippen molar-refractivity contribution in [2.24, 2.45) is 0 Å². The normalized spacial score (nSPS) is 20.2. The Hall–Kier alpha value is -1.98. The van der Waals surface area contributed by atoms with Gasteiger partial charge in [-0.05, 0) is 30.7 Å². The van der Waals surface area contributed by atoms with Gasteiger partial charge in [0.2, 0.25) is 0 Å². The van der Waals surface area contributed by atoms with Gasteiger partial charge in [0.25, 0.3) is 5.91 Å². The number of hydrogen-bond acceptors (Lipinski definition) is 4. The van der Waals surface area contributed by atoms with E-state index in [0.29, 0.717) is 16.3 Å². The molecule has 1 amide bonds. The summed E-state index contributed by atoms with van der Waals surface area (Å²) in [7, 11) is 0. The molecular formula is C18H15ClNO3S-. The number of carboxylic acid groups (broad SMARTS) is 1. The van der Waals surface area contributed by atoms with Crippen molar-refractivity contribution in [1.82, 2.24) is 4.90 Å². The minimum absolute atomic E-state index is 0.299. The predicted molar refractivity (Wildman–Crippen MR) is 92.8 cm³/mol. The van der Waals surface area contributed by atoms with Crippen molar-refractivity contribution in [3.05, 3.63) is 70.2 Å². The van der Waals surface area contributed by atoms with Crippen LogP contribution in [0.2, 0.25) is 5.02 Å². The third kappa shape index (κ3) is 3.28. The molecule has 1 fully saturated rings. The first kappa shape index (κ1) is 16.9. The van der Waals surface area contributed by atoms with E-state index in [1.807, 2.05) is 31.2 Å². The summed E-state index contributed by atoms with van der Waals surface area (Å²) in [5.74, 6) is -1.30. The van der Waals surface area contributed by atoms with Crippen molar-refractivity contribution < 1.29 is 14.7 Å². The molecule has 1 aliphatic rings. The lowest BCUT2D eigenvalue weighted by Crippen LogP contribution is -2.49. The first-order valence-corrected chi connectivity index (χ1v) is 8.87. The summed E-state index contributed by atoms with van der Waals surface area (Å²) in [5.41, 5.74) is 2.36. The zero-order valence-electron chi connectivity index (χ0n) is 12.9. The molecule has 0 saturated carbocycles. The Morgan fingerprint density at radius 3 is 2.54 bits per heavy atom. The van der Waals surface area contributed by atoms with Crippen molar-refractivity contribution in [2.75, 3.05) is 5.75 Å². The quantitative estimate of drug-likeness (QED) is 0.844. The van der Waals surface area contributed by atoms with Gasteiger partial charge in [-0.3, -0.25) is 4.79 Å². The molecule has 2 atom stereocenters. The molecule has 1 saturated heterocycles. The minimum Gasteiger partial charge on any atom is -0.548 e. The second-order valence-corrected chi connectivity index (χ2v) is 7.20. The summed E-state index contributed by atoms with van der Waals surface area (Å²) in [6.07, 6.45) is 0. The van der Waals surface area contributed by atoms with E-state index in [4.69, 9.17) is 11.6 Å². The van der Waals surface area contributed by atoms with E-state index < -0.39 is 12.0 Å². The van der Waals surface area contributed by atoms with Gasteiger partial charge in [0.1, 0.15) is 5.37 Å². The smallest absolute Gasteiger partial charge is 0.255 e. The van der Waals surface area contributed by atoms with E-state index in [2.05, 4.69) is 0 Å². The third-order valence-corrected chi connectivity index (χ3v) is 5.50. The Kier molecular flexibility index (Phi) is 4.83. The second-order valence-electron chi connectivity index (χ2n) is 5.65. The highest BCUT2D eigenvalue weighted by atomic mass is 35.5. The highest BCUT2D eigenvalue weighted by molar-refractivity contribution is 7.99. The number of aryl methyl sites for hydroxylation is 1. The maximum absolute atomic E-state index is 12.9. The van der Waals surface area contributed by atoms with Gasteiger partial charge >= 0.3 is 0 Å². The van der Waals surface area contributed by atoms with E-state index in [-0.39, 0.29) is 11.3 Å². The number of carbonyl (C=O) groups is 2. The number of halogens is 1. The molecule has 0 aliphatic carbocycles. The number of benzene rings is 2. The third-order valence-electron chi connectivity index (χ3n) is 3.94. The fourth-order valence-electron chi connectivity index (χ4n) is 2.69. The summed E-state index contributed by atoms with van der Waals surface area (Å²) in [4.78, 5) is 25.8. The molecule has 2 aromatic carbocycles. The average Bonchev–Trinajstić information content (AvgIpc) is 3.00. The molecule has 0 aromatic heterocycles. The average molecular weight is 361 g/mol. The topological polar surface area (TPSA) is 60.4 Å². The molecule has 0 N–H and O–H groups in total. The van der Waals surface area contributed by atoms with E-state index in [1.54, 1.807) is 24.3 Å². The fourth-order valence-corrected chi connectivity index (χ4v) is 4.30. The van der Waals surface area contributed by atoms with E-state index in [9.17, 15) is 14.7 Å². The van der Waals surface area contributed by atoms with Crippen LogP contribution in [-0.2, 0) is 4.79 Å². The summed E-state index contributed by atoms with van der Waals surface area (Å²) < 4.78 is 0. The van der Waals surface area contributed by atoms with Crippen LogP contribution in [0.3, 0.4) is 0 Å². The molecule has 3 rings (SSSR count). The first-order chi connectivity index (χ1) is 11.5. The van der Waals surface area contributed by atoms with Gasteiger partial charge in [0, 0.05) is 16.3 Å². The zero-order valence-corrected chi connectivity index (χ0v) is 14.5. The lowest BCUT2D eigenvalue weighted by Gasteiger charge is -2.30. The molecule has 124 valence electrons. The highest BCUT2D eigenvalue weighted by Crippen LogP contribution is 2.42. The van der Waals surface area contributed by atoms with E-state index >= 15 is 0 Å². The van der Waals surface area contributed by atoms with Gasteiger partial charge in [-0.1, -0.05) is 47.5 Å². The van der Waals surface area contributed by atoms with Crippen LogP contribution < -0.4 is 5.11 Å². The second kappa shape index (κ2) is 6.87. The van der Waals surface area contributed by atoms with Crippen LogP contribution in [0.4, 0.5) is 0 Å². The molecule has 0 spiro atoms. The summed E-state index contributed by atoms with van der Waals surface area (Å²) in [5, 5.41) is 11.6. The Labute approximate surface area is 149 Å². The van der Waals surface area contributed by atoms with Crippen molar-refractivity contribution >= 4 is 35.2 Å². The lowest BCUT2D eigenvalue weighted by molar-refractivity contribution is -0.310. The van der Waals surface area contributed by atoms with Crippen LogP contribution in [-0.4, -0.2) is 28.6 Å². The summed E-state index contributed by atoms with van der Waals surface area (Å²) in [6, 6.07) is 13.3. The molecule has 0 unspecified atom stereocenters. The molecule has 0 radical (unpaired) electrons. The van der Waals surface area contributed by atoms with Crippen LogP contribution >= 0.6 is 23.4 Å². The molecule has 0 bridgehead atoms. The van der Waals surface area contributed by atoms with Gasteiger partial charge in [0.15, 0.2) is 0 Å². The van der Waals surface area contributed by atoms with Crippen LogP contribution in [0.25, 0.3) is 0 Å². The Morgan fingerprint density at radius 2 is 1.92 bits per heavy atom. The van der Waals surface area contributed by atoms with Crippen molar-refractivity contribution in [3.63, 3.8) is 0 Å². The Morgan fingerprint density at radius 1 is 1.21 bits per heavy atom. The predicted octanol–water partition coefficient (Wildman–Crippen LogP) is 2.65. The molecule has 2 aromatic rings. The van der Waals surface area contributed by atoms with Gasteiger partial charge in [-0.15, -0.1) is 11.8 Å². The fraction of sp³-hybridized carbons (Fsp3) is 0.222. The number of carboxylic acids is 1. The number of hydrogen-bond donors (Lipinski definition) is 0. The first-order valence-electron chi connectivity index (χ1n) is 7.44. The minimum atomic E-state index is -1.24. The van der Waals surface area contributed by atoms with Crippen LogP contribution in [0.5, 0.6) is 0 Å². The molecule has 1 heterocycles. The molecule has 4 nitrogen and oxygen atoms in total. The van der Waals surface area contributed by atoms with Crippen molar-refractivity contribution in [2.45, 2.75) is 18.3 Å². The SMILES string of the molecule is Cc1ccc([C@@H]2SC[C@H](C(=O)[O-])N2C(=O)c2cccc(Cl)c2)cc1. The number of thioether (sulfide) groups is 1. The number of carbonyl (C=O) groups excluding carboxylic acids is 2. The largest absolute Gasteiger partial charge is 0.548 e. The Bertz CT molecular complexity index is 778. The number of nitrogens with zero attached hydrogens (tertiary/aromatic N) is 1. The van der Waals surface area contributed by atoms with Gasteiger partial charge in [-0.25, -0.2) is 0 Å². The van der Waals surface area contributed by atoms with Crippen LogP contribution in [0.15, 0.2) is 48.5 Å². The molecule has 24 heavy (non-hydrogen) atoms. The van der Waals surface area contributed by atoms with Crippen LogP contribution in [0.1, 0.15) is 26.9 Å². The molecular weight excluding hydrogens is 346 g/mol. The van der Waals surface area contributed by atoms with Gasteiger partial charge in [-0.2, -0.15) is 0 Å². The maximum atomic E-state index is 12.9. The summed E-state index contributed by atoms with van der Waals surface area (Å²) >= 11 is 7.39. The maximum Gasteiger partial charge on any atom is 0.255 e. The van der Waals surface area contributed by atoms with Gasteiger partial charge in [0.05, 0.1) is 12.0 Å². The molecule has 1 aliphatic heterocycles. The summed E-state index contributed by atoms with van der Waals surface area (Å²) in [6.45, 7) is 1.98. The molecule has 6 heteroatoms. The zero-order chi connectivity index (χ0) is 17.3. The Balaban J connectivity index is 1.99. The van der Waals surface area contributed by atoms with Gasteiger partial charge < -0.3 is 14.8 Å². The number of amides is 1. The van der Waals surface area contributed by atoms with Crippen molar-refractivity contribution in [1.29, 1.82) is 0 Å². The number of rotatable bonds is 3. The number of aliphatic carboxylic acids is 1.